The fourth-order valence-electron chi connectivity index (χ4n) is 2.36. The van der Waals surface area contributed by atoms with Gasteiger partial charge in [0, 0.05) is 23.7 Å². The van der Waals surface area contributed by atoms with Gasteiger partial charge in [0.2, 0.25) is 0 Å². The van der Waals surface area contributed by atoms with Gasteiger partial charge in [-0.05, 0) is 31.5 Å². The molecule has 4 nitrogen and oxygen atoms in total. The Hall–Kier alpha value is -2.27. The second-order valence-electron chi connectivity index (χ2n) is 4.98. The zero-order valence-electron chi connectivity index (χ0n) is 11.9. The van der Waals surface area contributed by atoms with Gasteiger partial charge in [0.25, 0.3) is 5.69 Å². The maximum absolute atomic E-state index is 13.2. The molecule has 0 aliphatic carbocycles. The molecule has 21 heavy (non-hydrogen) atoms. The molecule has 0 spiro atoms. The van der Waals surface area contributed by atoms with Gasteiger partial charge >= 0.3 is 0 Å². The van der Waals surface area contributed by atoms with Crippen LogP contribution in [-0.2, 0) is 0 Å². The van der Waals surface area contributed by atoms with E-state index in [1.807, 2.05) is 19.9 Å². The van der Waals surface area contributed by atoms with Crippen molar-refractivity contribution in [1.82, 2.24) is 5.32 Å². The predicted molar refractivity (Wildman–Crippen MR) is 79.5 cm³/mol. The minimum Gasteiger partial charge on any atom is -0.303 e. The van der Waals surface area contributed by atoms with Crippen LogP contribution in [-0.4, -0.2) is 4.92 Å². The lowest BCUT2D eigenvalue weighted by molar-refractivity contribution is -0.385. The van der Waals surface area contributed by atoms with E-state index >= 15 is 0 Å². The molecule has 0 fully saturated rings. The van der Waals surface area contributed by atoms with Gasteiger partial charge in [-0.1, -0.05) is 30.3 Å². The molecule has 0 saturated carbocycles. The molecule has 0 aliphatic rings. The summed E-state index contributed by atoms with van der Waals surface area (Å²) >= 11 is 0. The number of halogens is 1. The molecule has 0 bridgehead atoms. The van der Waals surface area contributed by atoms with Crippen LogP contribution >= 0.6 is 0 Å². The van der Waals surface area contributed by atoms with Crippen LogP contribution < -0.4 is 5.32 Å². The molecule has 110 valence electrons. The molecule has 2 aromatic rings. The predicted octanol–water partition coefficient (Wildman–Crippen LogP) is 4.15. The van der Waals surface area contributed by atoms with E-state index in [9.17, 15) is 14.5 Å². The maximum atomic E-state index is 13.2. The monoisotopic (exact) mass is 288 g/mol. The summed E-state index contributed by atoms with van der Waals surface area (Å²) in [4.78, 5) is 10.7. The molecule has 2 atom stereocenters. The number of benzene rings is 2. The zero-order chi connectivity index (χ0) is 15.4. The standard InChI is InChI=1S/C16H17FN2O2/c1-11(13-6-5-7-14(17)10-13)18-12(2)15-8-3-4-9-16(15)19(20)21/h3-12,18H,1-2H3/t11-,12?/m0/s1. The van der Waals surface area contributed by atoms with Crippen molar-refractivity contribution in [2.75, 3.05) is 0 Å². The normalized spacial score (nSPS) is 13.7. The van der Waals surface area contributed by atoms with Gasteiger partial charge in [-0.2, -0.15) is 0 Å². The molecular weight excluding hydrogens is 271 g/mol. The molecule has 1 unspecified atom stereocenters. The van der Waals surface area contributed by atoms with E-state index in [-0.39, 0.29) is 28.5 Å². The summed E-state index contributed by atoms with van der Waals surface area (Å²) in [5.74, 6) is -0.292. The van der Waals surface area contributed by atoms with E-state index in [0.29, 0.717) is 5.56 Å². The Morgan fingerprint density at radius 2 is 1.81 bits per heavy atom. The molecule has 5 heteroatoms. The highest BCUT2D eigenvalue weighted by molar-refractivity contribution is 5.41. The second kappa shape index (κ2) is 6.45. The number of nitrogens with one attached hydrogen (secondary N) is 1. The van der Waals surface area contributed by atoms with Crippen molar-refractivity contribution in [3.63, 3.8) is 0 Å². The lowest BCUT2D eigenvalue weighted by Crippen LogP contribution is -2.23. The molecule has 0 aliphatic heterocycles. The number of para-hydroxylation sites is 1. The van der Waals surface area contributed by atoms with Crippen LogP contribution in [0.1, 0.15) is 37.1 Å². The van der Waals surface area contributed by atoms with E-state index in [1.165, 1.54) is 18.2 Å². The molecular formula is C16H17FN2O2. The third-order valence-corrected chi connectivity index (χ3v) is 3.45. The first kappa shape index (κ1) is 15.1. The van der Waals surface area contributed by atoms with Crippen molar-refractivity contribution in [2.45, 2.75) is 25.9 Å². The van der Waals surface area contributed by atoms with E-state index < -0.39 is 0 Å². The third kappa shape index (κ3) is 3.64. The van der Waals surface area contributed by atoms with Crippen molar-refractivity contribution in [1.29, 1.82) is 0 Å². The Labute approximate surface area is 122 Å². The first-order valence-electron chi connectivity index (χ1n) is 6.74. The molecule has 0 radical (unpaired) electrons. The number of nitro groups is 1. The number of hydrogen-bond donors (Lipinski definition) is 1. The van der Waals surface area contributed by atoms with Crippen molar-refractivity contribution < 1.29 is 9.31 Å². The van der Waals surface area contributed by atoms with Crippen LogP contribution in [0, 0.1) is 15.9 Å². The molecule has 1 N–H and O–H groups in total. The highest BCUT2D eigenvalue weighted by atomic mass is 19.1. The smallest absolute Gasteiger partial charge is 0.274 e. The average molecular weight is 288 g/mol. The Balaban J connectivity index is 2.18. The minimum atomic E-state index is -0.389. The summed E-state index contributed by atoms with van der Waals surface area (Å²) in [5, 5.41) is 14.3. The lowest BCUT2D eigenvalue weighted by atomic mass is 10.0. The van der Waals surface area contributed by atoms with E-state index in [1.54, 1.807) is 24.3 Å². The van der Waals surface area contributed by atoms with Crippen LogP contribution in [0.25, 0.3) is 0 Å². The Bertz CT molecular complexity index is 646. The molecule has 0 heterocycles. The highest BCUT2D eigenvalue weighted by Crippen LogP contribution is 2.26. The van der Waals surface area contributed by atoms with E-state index in [2.05, 4.69) is 5.32 Å². The van der Waals surface area contributed by atoms with Gasteiger partial charge in [0.1, 0.15) is 5.82 Å². The number of hydrogen-bond acceptors (Lipinski definition) is 3. The first-order chi connectivity index (χ1) is 9.99. The maximum Gasteiger partial charge on any atom is 0.274 e. The molecule has 0 amide bonds. The third-order valence-electron chi connectivity index (χ3n) is 3.45. The summed E-state index contributed by atoms with van der Waals surface area (Å²) in [5.41, 5.74) is 1.51. The summed E-state index contributed by atoms with van der Waals surface area (Å²) < 4.78 is 13.2. The van der Waals surface area contributed by atoms with Gasteiger partial charge < -0.3 is 5.32 Å². The number of rotatable bonds is 5. The average Bonchev–Trinajstić information content (AvgIpc) is 2.47. The van der Waals surface area contributed by atoms with Gasteiger partial charge in [0.15, 0.2) is 0 Å². The number of nitro benzene ring substituents is 1. The van der Waals surface area contributed by atoms with Gasteiger partial charge in [-0.3, -0.25) is 10.1 Å². The topological polar surface area (TPSA) is 55.2 Å². The van der Waals surface area contributed by atoms with Crippen LogP contribution in [0.3, 0.4) is 0 Å². The van der Waals surface area contributed by atoms with Gasteiger partial charge in [-0.25, -0.2) is 4.39 Å². The Kier molecular flexibility index (Phi) is 4.65. The van der Waals surface area contributed by atoms with E-state index in [4.69, 9.17) is 0 Å². The Morgan fingerprint density at radius 1 is 1.10 bits per heavy atom. The SMILES string of the molecule is CC(N[C@@H](C)c1cccc(F)c1)c1ccccc1[N+](=O)[O-]. The quantitative estimate of drug-likeness (QED) is 0.664. The molecule has 2 aromatic carbocycles. The van der Waals surface area contributed by atoms with Crippen LogP contribution in [0.15, 0.2) is 48.5 Å². The Morgan fingerprint density at radius 3 is 2.48 bits per heavy atom. The van der Waals surface area contributed by atoms with Gasteiger partial charge in [0.05, 0.1) is 4.92 Å². The molecule has 0 saturated heterocycles. The fraction of sp³-hybridized carbons (Fsp3) is 0.250. The largest absolute Gasteiger partial charge is 0.303 e. The van der Waals surface area contributed by atoms with Crippen LogP contribution in [0.4, 0.5) is 10.1 Å². The van der Waals surface area contributed by atoms with Crippen molar-refractivity contribution in [3.8, 4) is 0 Å². The summed E-state index contributed by atoms with van der Waals surface area (Å²) in [6, 6.07) is 12.6. The molecule has 2 rings (SSSR count). The van der Waals surface area contributed by atoms with Crippen molar-refractivity contribution >= 4 is 5.69 Å². The molecule has 0 aromatic heterocycles. The highest BCUT2D eigenvalue weighted by Gasteiger charge is 2.19. The van der Waals surface area contributed by atoms with Crippen LogP contribution in [0.5, 0.6) is 0 Å². The van der Waals surface area contributed by atoms with E-state index in [0.717, 1.165) is 5.56 Å². The number of nitrogens with zero attached hydrogens (tertiary/aromatic N) is 1. The summed E-state index contributed by atoms with van der Waals surface area (Å²) in [6.07, 6.45) is 0. The fourth-order valence-corrected chi connectivity index (χ4v) is 2.36. The lowest BCUT2D eigenvalue weighted by Gasteiger charge is -2.20. The van der Waals surface area contributed by atoms with Crippen LogP contribution in [0.2, 0.25) is 0 Å². The zero-order valence-corrected chi connectivity index (χ0v) is 11.9. The first-order valence-corrected chi connectivity index (χ1v) is 6.74. The summed E-state index contributed by atoms with van der Waals surface area (Å²) in [6.45, 7) is 3.76. The second-order valence-corrected chi connectivity index (χ2v) is 4.98. The van der Waals surface area contributed by atoms with Gasteiger partial charge in [-0.15, -0.1) is 0 Å². The minimum absolute atomic E-state index is 0.0870. The summed E-state index contributed by atoms with van der Waals surface area (Å²) in [7, 11) is 0. The van der Waals surface area contributed by atoms with Crippen molar-refractivity contribution in [2.24, 2.45) is 0 Å². The van der Waals surface area contributed by atoms with Crippen molar-refractivity contribution in [3.05, 3.63) is 75.6 Å².